The molecule has 0 aromatic heterocycles. The normalized spacial score (nSPS) is 18.7. The van der Waals surface area contributed by atoms with E-state index in [9.17, 15) is 4.79 Å². The summed E-state index contributed by atoms with van der Waals surface area (Å²) in [7, 11) is 0. The first-order valence-corrected chi connectivity index (χ1v) is 5.88. The van der Waals surface area contributed by atoms with E-state index in [4.69, 9.17) is 4.74 Å². The molecule has 0 aromatic rings. The zero-order valence-electron chi connectivity index (χ0n) is 8.70. The van der Waals surface area contributed by atoms with Gasteiger partial charge in [0.05, 0.1) is 6.61 Å². The van der Waals surface area contributed by atoms with Gasteiger partial charge in [-0.1, -0.05) is 13.8 Å². The number of carbonyl (C=O) groups is 1. The smallest absolute Gasteiger partial charge is 0.409 e. The third-order valence-corrected chi connectivity index (χ3v) is 2.99. The monoisotopic (exact) mass is 312 g/mol. The number of hydrogen-bond donors (Lipinski definition) is 0. The standard InChI is InChI=1S/C9H17IN2O2/c1-8(2)7-14-9(13)11-3-5-12(10)6-4-11/h8H,3-7H2,1-2H3. The highest BCUT2D eigenvalue weighted by molar-refractivity contribution is 14.1. The number of halogens is 1. The summed E-state index contributed by atoms with van der Waals surface area (Å²) in [5.41, 5.74) is 0. The van der Waals surface area contributed by atoms with Gasteiger partial charge in [0.15, 0.2) is 0 Å². The molecule has 1 saturated heterocycles. The van der Waals surface area contributed by atoms with Crippen LogP contribution in [0.15, 0.2) is 0 Å². The van der Waals surface area contributed by atoms with Crippen molar-refractivity contribution in [3.63, 3.8) is 0 Å². The minimum Gasteiger partial charge on any atom is -0.449 e. The summed E-state index contributed by atoms with van der Waals surface area (Å²) in [6.07, 6.45) is -0.164. The first kappa shape index (κ1) is 12.0. The molecule has 1 fully saturated rings. The maximum Gasteiger partial charge on any atom is 0.409 e. The van der Waals surface area contributed by atoms with Crippen LogP contribution in [-0.4, -0.2) is 46.9 Å². The third-order valence-electron chi connectivity index (χ3n) is 2.02. The lowest BCUT2D eigenvalue weighted by atomic mass is 10.2. The minimum absolute atomic E-state index is 0.164. The molecule has 1 heterocycles. The molecule has 0 saturated carbocycles. The van der Waals surface area contributed by atoms with Gasteiger partial charge < -0.3 is 9.64 Å². The van der Waals surface area contributed by atoms with Crippen molar-refractivity contribution in [1.29, 1.82) is 0 Å². The van der Waals surface area contributed by atoms with Crippen molar-refractivity contribution in [3.8, 4) is 0 Å². The summed E-state index contributed by atoms with van der Waals surface area (Å²) >= 11 is 2.28. The summed E-state index contributed by atoms with van der Waals surface area (Å²) < 4.78 is 7.33. The number of nitrogens with zero attached hydrogens (tertiary/aromatic N) is 2. The Labute approximate surface area is 99.1 Å². The lowest BCUT2D eigenvalue weighted by Gasteiger charge is -2.30. The molecule has 1 aliphatic rings. The molecule has 0 aromatic carbocycles. The van der Waals surface area contributed by atoms with Crippen LogP contribution in [0.2, 0.25) is 0 Å². The maximum absolute atomic E-state index is 11.5. The van der Waals surface area contributed by atoms with Crippen molar-refractivity contribution in [2.75, 3.05) is 32.8 Å². The van der Waals surface area contributed by atoms with Gasteiger partial charge in [-0.3, -0.25) is 0 Å². The lowest BCUT2D eigenvalue weighted by Crippen LogP contribution is -2.45. The van der Waals surface area contributed by atoms with Crippen LogP contribution in [0.4, 0.5) is 4.79 Å². The molecule has 5 heteroatoms. The summed E-state index contributed by atoms with van der Waals surface area (Å²) in [5, 5.41) is 0. The van der Waals surface area contributed by atoms with Gasteiger partial charge in [-0.25, -0.2) is 7.91 Å². The van der Waals surface area contributed by atoms with Gasteiger partial charge in [-0.05, 0) is 5.92 Å². The Hall–Kier alpha value is -0.0400. The predicted octanol–water partition coefficient (Wildman–Crippen LogP) is 1.75. The van der Waals surface area contributed by atoms with Crippen LogP contribution in [0.1, 0.15) is 13.8 Å². The molecule has 4 nitrogen and oxygen atoms in total. The number of piperazine rings is 1. The molecular weight excluding hydrogens is 295 g/mol. The molecule has 14 heavy (non-hydrogen) atoms. The highest BCUT2D eigenvalue weighted by atomic mass is 127. The summed E-state index contributed by atoms with van der Waals surface area (Å²) in [6, 6.07) is 0. The van der Waals surface area contributed by atoms with Gasteiger partial charge in [0.2, 0.25) is 0 Å². The van der Waals surface area contributed by atoms with Crippen LogP contribution >= 0.6 is 22.9 Å². The molecular formula is C9H17IN2O2. The maximum atomic E-state index is 11.5. The molecule has 82 valence electrons. The van der Waals surface area contributed by atoms with E-state index in [0.717, 1.165) is 26.2 Å². The van der Waals surface area contributed by atoms with E-state index in [1.807, 2.05) is 13.8 Å². The van der Waals surface area contributed by atoms with E-state index in [1.165, 1.54) is 0 Å². The average molecular weight is 312 g/mol. The van der Waals surface area contributed by atoms with Crippen LogP contribution in [-0.2, 0) is 4.74 Å². The SMILES string of the molecule is CC(C)COC(=O)N1CCN(I)CC1. The van der Waals surface area contributed by atoms with E-state index in [1.54, 1.807) is 4.90 Å². The fourth-order valence-electron chi connectivity index (χ4n) is 1.19. The van der Waals surface area contributed by atoms with Gasteiger partial charge in [0.1, 0.15) is 0 Å². The Kier molecular flexibility index (Phi) is 4.94. The molecule has 0 aliphatic carbocycles. The van der Waals surface area contributed by atoms with Crippen LogP contribution in [0.5, 0.6) is 0 Å². The Morgan fingerprint density at radius 2 is 1.93 bits per heavy atom. The van der Waals surface area contributed by atoms with Crippen molar-refractivity contribution in [3.05, 3.63) is 0 Å². The van der Waals surface area contributed by atoms with Gasteiger partial charge in [-0.15, -0.1) is 0 Å². The van der Waals surface area contributed by atoms with Crippen LogP contribution in [0, 0.1) is 5.92 Å². The van der Waals surface area contributed by atoms with Crippen molar-refractivity contribution < 1.29 is 9.53 Å². The first-order chi connectivity index (χ1) is 6.59. The van der Waals surface area contributed by atoms with E-state index < -0.39 is 0 Å². The highest BCUT2D eigenvalue weighted by Gasteiger charge is 2.20. The average Bonchev–Trinajstić information content (AvgIpc) is 2.15. The molecule has 0 atom stereocenters. The van der Waals surface area contributed by atoms with Crippen LogP contribution in [0.3, 0.4) is 0 Å². The zero-order chi connectivity index (χ0) is 10.6. The Morgan fingerprint density at radius 3 is 2.43 bits per heavy atom. The van der Waals surface area contributed by atoms with Crippen LogP contribution in [0.25, 0.3) is 0 Å². The highest BCUT2D eigenvalue weighted by Crippen LogP contribution is 2.08. The Morgan fingerprint density at radius 1 is 1.36 bits per heavy atom. The Bertz CT molecular complexity index is 191. The summed E-state index contributed by atoms with van der Waals surface area (Å²) in [6.45, 7) is 8.00. The quantitative estimate of drug-likeness (QED) is 0.575. The van der Waals surface area contributed by atoms with Gasteiger partial charge in [0, 0.05) is 49.0 Å². The van der Waals surface area contributed by atoms with Crippen molar-refractivity contribution in [2.45, 2.75) is 13.8 Å². The molecule has 0 bridgehead atoms. The minimum atomic E-state index is -0.164. The van der Waals surface area contributed by atoms with E-state index in [-0.39, 0.29) is 6.09 Å². The zero-order valence-corrected chi connectivity index (χ0v) is 10.9. The van der Waals surface area contributed by atoms with Gasteiger partial charge in [-0.2, -0.15) is 0 Å². The van der Waals surface area contributed by atoms with Crippen molar-refractivity contribution in [1.82, 2.24) is 8.01 Å². The van der Waals surface area contributed by atoms with Crippen molar-refractivity contribution >= 4 is 29.0 Å². The number of hydrogen-bond acceptors (Lipinski definition) is 3. The molecule has 0 spiro atoms. The topological polar surface area (TPSA) is 32.8 Å². The fourth-order valence-corrected chi connectivity index (χ4v) is 1.63. The second kappa shape index (κ2) is 5.75. The van der Waals surface area contributed by atoms with E-state index in [0.29, 0.717) is 12.5 Å². The second-order valence-electron chi connectivity index (χ2n) is 3.87. The largest absolute Gasteiger partial charge is 0.449 e. The molecule has 0 unspecified atom stereocenters. The third kappa shape index (κ3) is 4.00. The van der Waals surface area contributed by atoms with Gasteiger partial charge in [0.25, 0.3) is 0 Å². The van der Waals surface area contributed by atoms with E-state index >= 15 is 0 Å². The molecule has 0 radical (unpaired) electrons. The summed E-state index contributed by atoms with van der Waals surface area (Å²) in [5.74, 6) is 0.407. The van der Waals surface area contributed by atoms with Crippen molar-refractivity contribution in [2.24, 2.45) is 5.92 Å². The Balaban J connectivity index is 2.24. The second-order valence-corrected chi connectivity index (χ2v) is 5.23. The first-order valence-electron chi connectivity index (χ1n) is 4.92. The summed E-state index contributed by atoms with van der Waals surface area (Å²) in [4.78, 5) is 13.3. The van der Waals surface area contributed by atoms with Crippen LogP contribution < -0.4 is 0 Å². The predicted molar refractivity (Wildman–Crippen MR) is 63.4 cm³/mol. The molecule has 1 rings (SSSR count). The molecule has 1 aliphatic heterocycles. The number of carbonyl (C=O) groups excluding carboxylic acids is 1. The number of amides is 1. The molecule has 0 N–H and O–H groups in total. The number of rotatable bonds is 2. The van der Waals surface area contributed by atoms with E-state index in [2.05, 4.69) is 26.0 Å². The molecule has 1 amide bonds. The fraction of sp³-hybridized carbons (Fsp3) is 0.889. The number of ether oxygens (including phenoxy) is 1. The lowest BCUT2D eigenvalue weighted by molar-refractivity contribution is 0.0830. The van der Waals surface area contributed by atoms with Gasteiger partial charge >= 0.3 is 6.09 Å².